The molecule has 0 atom stereocenters. The number of aromatic nitrogens is 4. The van der Waals surface area contributed by atoms with E-state index in [2.05, 4.69) is 35.9 Å². The summed E-state index contributed by atoms with van der Waals surface area (Å²) in [7, 11) is 1.54. The van der Waals surface area contributed by atoms with E-state index in [1.807, 2.05) is 19.9 Å². The van der Waals surface area contributed by atoms with Crippen LogP contribution in [0.2, 0.25) is 0 Å². The number of amides is 2. The molecule has 0 spiro atoms. The van der Waals surface area contributed by atoms with E-state index in [1.165, 1.54) is 13.4 Å². The summed E-state index contributed by atoms with van der Waals surface area (Å²) in [6, 6.07) is 5.31. The summed E-state index contributed by atoms with van der Waals surface area (Å²) in [4.78, 5) is 42.0. The third-order valence-corrected chi connectivity index (χ3v) is 5.19. The largest absolute Gasteiger partial charge is 0.418 e. The molecule has 33 heavy (non-hydrogen) atoms. The van der Waals surface area contributed by atoms with E-state index in [-0.39, 0.29) is 23.5 Å². The lowest BCUT2D eigenvalue weighted by Crippen LogP contribution is -2.24. The highest BCUT2D eigenvalue weighted by Gasteiger charge is 2.27. The van der Waals surface area contributed by atoms with Gasteiger partial charge in [-0.25, -0.2) is 24.7 Å². The Kier molecular flexibility index (Phi) is 6.43. The lowest BCUT2D eigenvalue weighted by molar-refractivity contribution is 0.0964. The van der Waals surface area contributed by atoms with Gasteiger partial charge in [0.15, 0.2) is 5.82 Å². The van der Waals surface area contributed by atoms with Crippen LogP contribution in [0.4, 0.5) is 22.0 Å². The SMILES string of the molecule is CNC(=O)c1cc(C(C)C)ccc1NC(=O)Oc1nc(C2CC2)cnc1Nc1cncnc1. The first-order chi connectivity index (χ1) is 15.9. The minimum Gasteiger partial charge on any atom is -0.387 e. The number of benzene rings is 1. The summed E-state index contributed by atoms with van der Waals surface area (Å²) in [5, 5.41) is 8.27. The molecule has 0 bridgehead atoms. The van der Waals surface area contributed by atoms with Crippen LogP contribution < -0.4 is 20.7 Å². The Labute approximate surface area is 191 Å². The maximum absolute atomic E-state index is 12.8. The Morgan fingerprint density at radius 3 is 2.55 bits per heavy atom. The number of hydrogen-bond donors (Lipinski definition) is 3. The van der Waals surface area contributed by atoms with Gasteiger partial charge in [-0.15, -0.1) is 0 Å². The van der Waals surface area contributed by atoms with Gasteiger partial charge in [0.1, 0.15) is 6.33 Å². The van der Waals surface area contributed by atoms with Crippen molar-refractivity contribution in [2.75, 3.05) is 17.7 Å². The zero-order chi connectivity index (χ0) is 23.4. The molecule has 0 unspecified atom stereocenters. The van der Waals surface area contributed by atoms with Crippen LogP contribution in [0.15, 0.2) is 43.1 Å². The van der Waals surface area contributed by atoms with E-state index >= 15 is 0 Å². The summed E-state index contributed by atoms with van der Waals surface area (Å²) in [5.74, 6) is 0.521. The van der Waals surface area contributed by atoms with Crippen molar-refractivity contribution in [1.82, 2.24) is 25.3 Å². The second kappa shape index (κ2) is 9.60. The molecule has 0 radical (unpaired) electrons. The molecule has 0 saturated heterocycles. The van der Waals surface area contributed by atoms with Crippen molar-refractivity contribution in [2.45, 2.75) is 38.5 Å². The molecule has 3 N–H and O–H groups in total. The van der Waals surface area contributed by atoms with Gasteiger partial charge in [-0.05, 0) is 36.5 Å². The maximum Gasteiger partial charge on any atom is 0.418 e. The van der Waals surface area contributed by atoms with Crippen molar-refractivity contribution in [2.24, 2.45) is 0 Å². The van der Waals surface area contributed by atoms with Gasteiger partial charge in [-0.2, -0.15) is 0 Å². The highest BCUT2D eigenvalue weighted by atomic mass is 16.6. The summed E-state index contributed by atoms with van der Waals surface area (Å²) in [6.45, 7) is 4.06. The summed E-state index contributed by atoms with van der Waals surface area (Å²) >= 11 is 0. The van der Waals surface area contributed by atoms with Gasteiger partial charge in [-0.1, -0.05) is 19.9 Å². The van der Waals surface area contributed by atoms with Crippen LogP contribution >= 0.6 is 0 Å². The Hall–Kier alpha value is -4.08. The molecule has 10 nitrogen and oxygen atoms in total. The van der Waals surface area contributed by atoms with Crippen molar-refractivity contribution < 1.29 is 14.3 Å². The fourth-order valence-electron chi connectivity index (χ4n) is 3.19. The van der Waals surface area contributed by atoms with Crippen LogP contribution in [0.5, 0.6) is 5.88 Å². The van der Waals surface area contributed by atoms with Gasteiger partial charge < -0.3 is 15.4 Å². The second-order valence-corrected chi connectivity index (χ2v) is 8.03. The van der Waals surface area contributed by atoms with E-state index in [0.717, 1.165) is 24.1 Å². The molecule has 1 saturated carbocycles. The molecular weight excluding hydrogens is 422 g/mol. The normalized spacial score (nSPS) is 12.8. The predicted molar refractivity (Wildman–Crippen MR) is 123 cm³/mol. The van der Waals surface area contributed by atoms with Crippen LogP contribution in [0.3, 0.4) is 0 Å². The lowest BCUT2D eigenvalue weighted by atomic mass is 9.99. The molecule has 2 amide bonds. The van der Waals surface area contributed by atoms with Crippen molar-refractivity contribution >= 4 is 29.2 Å². The van der Waals surface area contributed by atoms with Crippen LogP contribution in [0.25, 0.3) is 0 Å². The summed E-state index contributed by atoms with van der Waals surface area (Å²) in [5.41, 5.74) is 2.99. The third-order valence-electron chi connectivity index (χ3n) is 5.19. The van der Waals surface area contributed by atoms with Crippen LogP contribution in [-0.4, -0.2) is 39.0 Å². The Bertz CT molecular complexity index is 1160. The zero-order valence-electron chi connectivity index (χ0n) is 18.6. The molecule has 170 valence electrons. The van der Waals surface area contributed by atoms with Gasteiger partial charge >= 0.3 is 6.09 Å². The van der Waals surface area contributed by atoms with E-state index < -0.39 is 6.09 Å². The molecule has 10 heteroatoms. The molecule has 1 aliphatic carbocycles. The zero-order valence-corrected chi connectivity index (χ0v) is 18.6. The monoisotopic (exact) mass is 447 g/mol. The van der Waals surface area contributed by atoms with Crippen molar-refractivity contribution in [3.63, 3.8) is 0 Å². The number of hydrogen-bond acceptors (Lipinski definition) is 8. The highest BCUT2D eigenvalue weighted by molar-refractivity contribution is 6.03. The number of nitrogens with zero attached hydrogens (tertiary/aromatic N) is 4. The highest BCUT2D eigenvalue weighted by Crippen LogP contribution is 2.40. The number of anilines is 3. The quantitative estimate of drug-likeness (QED) is 0.496. The molecule has 3 aromatic rings. The summed E-state index contributed by atoms with van der Waals surface area (Å²) in [6.07, 6.45) is 7.48. The number of ether oxygens (including phenoxy) is 1. The Balaban J connectivity index is 1.58. The van der Waals surface area contributed by atoms with Crippen LogP contribution in [0, 0.1) is 0 Å². The molecule has 1 fully saturated rings. The average molecular weight is 447 g/mol. The molecule has 1 aromatic carbocycles. The maximum atomic E-state index is 12.8. The smallest absolute Gasteiger partial charge is 0.387 e. The average Bonchev–Trinajstić information content (AvgIpc) is 3.66. The van der Waals surface area contributed by atoms with E-state index in [4.69, 9.17) is 4.74 Å². The molecular formula is C23H25N7O3. The standard InChI is InChI=1S/C23H25N7O3/c1-13(2)15-6-7-18(17(8-15)21(31)24-3)30-23(32)33-22-20(28-16-9-25-12-26-10-16)27-11-19(29-22)14-4-5-14/h6-14H,4-5H2,1-3H3,(H,24,31)(H,27,28)(H,30,32). The first-order valence-corrected chi connectivity index (χ1v) is 10.7. The Morgan fingerprint density at radius 2 is 1.88 bits per heavy atom. The molecule has 2 heterocycles. The van der Waals surface area contributed by atoms with E-state index in [9.17, 15) is 9.59 Å². The predicted octanol–water partition coefficient (Wildman–Crippen LogP) is 3.98. The number of carbonyl (C=O) groups excluding carboxylic acids is 2. The second-order valence-electron chi connectivity index (χ2n) is 8.03. The van der Waals surface area contributed by atoms with Gasteiger partial charge in [0, 0.05) is 13.0 Å². The Morgan fingerprint density at radius 1 is 1.12 bits per heavy atom. The fraction of sp³-hybridized carbons (Fsp3) is 0.304. The number of rotatable bonds is 7. The summed E-state index contributed by atoms with van der Waals surface area (Å²) < 4.78 is 5.53. The molecule has 1 aliphatic rings. The van der Waals surface area contributed by atoms with E-state index in [0.29, 0.717) is 22.9 Å². The topological polar surface area (TPSA) is 131 Å². The van der Waals surface area contributed by atoms with Crippen LogP contribution in [0.1, 0.15) is 60.1 Å². The first-order valence-electron chi connectivity index (χ1n) is 10.7. The molecule has 0 aliphatic heterocycles. The van der Waals surface area contributed by atoms with Crippen LogP contribution in [-0.2, 0) is 0 Å². The third kappa shape index (κ3) is 5.40. The molecule has 4 rings (SSSR count). The van der Waals surface area contributed by atoms with E-state index in [1.54, 1.807) is 30.7 Å². The first kappa shape index (κ1) is 22.1. The minimum absolute atomic E-state index is 0.0287. The van der Waals surface area contributed by atoms with Gasteiger partial charge in [-0.3, -0.25) is 10.1 Å². The number of nitrogens with one attached hydrogen (secondary N) is 3. The minimum atomic E-state index is -0.785. The van der Waals surface area contributed by atoms with Gasteiger partial charge in [0.2, 0.25) is 0 Å². The number of carbonyl (C=O) groups is 2. The lowest BCUT2D eigenvalue weighted by Gasteiger charge is -2.15. The van der Waals surface area contributed by atoms with Gasteiger partial charge in [0.25, 0.3) is 11.8 Å². The van der Waals surface area contributed by atoms with Crippen molar-refractivity contribution in [1.29, 1.82) is 0 Å². The fourth-order valence-corrected chi connectivity index (χ4v) is 3.19. The van der Waals surface area contributed by atoms with Crippen molar-refractivity contribution in [3.05, 3.63) is 59.9 Å². The van der Waals surface area contributed by atoms with Crippen molar-refractivity contribution in [3.8, 4) is 5.88 Å². The molecule has 2 aromatic heterocycles. The van der Waals surface area contributed by atoms with Gasteiger partial charge in [0.05, 0.1) is 41.2 Å².